The molecule has 2 fully saturated rings. The van der Waals surface area contributed by atoms with Crippen molar-refractivity contribution < 1.29 is 9.47 Å². The van der Waals surface area contributed by atoms with Crippen LogP contribution in [0.5, 0.6) is 0 Å². The molecule has 21 heavy (non-hydrogen) atoms. The van der Waals surface area contributed by atoms with E-state index >= 15 is 0 Å². The first-order valence-corrected chi connectivity index (χ1v) is 7.14. The number of nitrogens with one attached hydrogen (secondary N) is 1. The Morgan fingerprint density at radius 3 is 2.24 bits per heavy atom. The first kappa shape index (κ1) is 15.3. The van der Waals surface area contributed by atoms with Gasteiger partial charge in [-0.3, -0.25) is 5.41 Å². The molecule has 1 N–H and O–H groups in total. The van der Waals surface area contributed by atoms with Crippen LogP contribution in [-0.2, 0) is 9.47 Å². The number of hydrogen-bond donors (Lipinski definition) is 1. The Labute approximate surface area is 124 Å². The lowest BCUT2D eigenvalue weighted by Gasteiger charge is -2.48. The zero-order chi connectivity index (χ0) is 15.9. The molecule has 0 radical (unpaired) electrons. The number of hydrogen-bond acceptors (Lipinski definition) is 6. The van der Waals surface area contributed by atoms with Gasteiger partial charge in [-0.15, -0.1) is 0 Å². The molecule has 0 aromatic carbocycles. The van der Waals surface area contributed by atoms with E-state index in [-0.39, 0.29) is 5.90 Å². The number of nitriles is 3. The van der Waals surface area contributed by atoms with Crippen molar-refractivity contribution in [3.8, 4) is 18.2 Å². The maximum atomic E-state index is 9.77. The van der Waals surface area contributed by atoms with Crippen LogP contribution in [0.4, 0.5) is 0 Å². The lowest BCUT2D eigenvalue weighted by Crippen LogP contribution is -2.61. The maximum absolute atomic E-state index is 9.77. The standard InChI is InChI=1S/C15H18N4O2/c1-4-6-11-13(7-16,8-17)14(9-18)10(3)15(5-2,20-11)21-12(14)19/h10-11,19H,4-6H2,1-3H3. The summed E-state index contributed by atoms with van der Waals surface area (Å²) in [6.07, 6.45) is 0.887. The number of fused-ring (bicyclic) bond motifs is 2. The number of nitrogens with zero attached hydrogens (tertiary/aromatic N) is 3. The highest BCUT2D eigenvalue weighted by Crippen LogP contribution is 2.63. The lowest BCUT2D eigenvalue weighted by atomic mass is 9.54. The Bertz CT molecular complexity index is 582. The summed E-state index contributed by atoms with van der Waals surface area (Å²) in [6.45, 7) is 5.50. The van der Waals surface area contributed by atoms with Crippen LogP contribution in [0.1, 0.15) is 40.0 Å². The molecule has 2 saturated heterocycles. The van der Waals surface area contributed by atoms with Crippen LogP contribution in [0, 0.1) is 56.2 Å². The van der Waals surface area contributed by atoms with Crippen molar-refractivity contribution in [1.82, 2.24) is 0 Å². The van der Waals surface area contributed by atoms with Crippen LogP contribution in [-0.4, -0.2) is 17.8 Å². The molecular weight excluding hydrogens is 268 g/mol. The van der Waals surface area contributed by atoms with Crippen LogP contribution in [0.3, 0.4) is 0 Å². The van der Waals surface area contributed by atoms with Crippen molar-refractivity contribution in [1.29, 1.82) is 21.2 Å². The minimum atomic E-state index is -1.72. The van der Waals surface area contributed by atoms with E-state index < -0.39 is 28.6 Å². The highest BCUT2D eigenvalue weighted by atomic mass is 16.7. The SMILES string of the molecule is CCCC1OC2(CC)OC(=N)C(C#N)(C2C)C1(C#N)C#N. The van der Waals surface area contributed by atoms with Crippen LogP contribution < -0.4 is 0 Å². The third-order valence-electron chi connectivity index (χ3n) is 4.96. The maximum Gasteiger partial charge on any atom is 0.216 e. The zero-order valence-electron chi connectivity index (χ0n) is 12.4. The molecule has 0 saturated carbocycles. The number of ether oxygens (including phenoxy) is 2. The topological polar surface area (TPSA) is 114 Å². The van der Waals surface area contributed by atoms with Gasteiger partial charge in [-0.1, -0.05) is 27.2 Å². The second-order valence-electron chi connectivity index (χ2n) is 5.66. The van der Waals surface area contributed by atoms with Crippen molar-refractivity contribution in [2.24, 2.45) is 16.7 Å². The summed E-state index contributed by atoms with van der Waals surface area (Å²) in [5, 5.41) is 37.3. The Morgan fingerprint density at radius 2 is 1.81 bits per heavy atom. The van der Waals surface area contributed by atoms with Crippen molar-refractivity contribution in [2.45, 2.75) is 51.9 Å². The predicted molar refractivity (Wildman–Crippen MR) is 72.5 cm³/mol. The first-order chi connectivity index (χ1) is 9.94. The second-order valence-corrected chi connectivity index (χ2v) is 5.66. The third kappa shape index (κ3) is 1.45. The van der Waals surface area contributed by atoms with Crippen LogP contribution in [0.25, 0.3) is 0 Å². The summed E-state index contributed by atoms with van der Waals surface area (Å²) in [5.41, 5.74) is -3.30. The van der Waals surface area contributed by atoms with Gasteiger partial charge in [0.25, 0.3) is 0 Å². The van der Waals surface area contributed by atoms with E-state index in [4.69, 9.17) is 14.9 Å². The quantitative estimate of drug-likeness (QED) is 0.856. The monoisotopic (exact) mass is 286 g/mol. The van der Waals surface area contributed by atoms with Gasteiger partial charge >= 0.3 is 0 Å². The van der Waals surface area contributed by atoms with E-state index in [1.54, 1.807) is 6.92 Å². The van der Waals surface area contributed by atoms with E-state index in [1.807, 2.05) is 26.0 Å². The molecule has 2 heterocycles. The molecule has 0 spiro atoms. The van der Waals surface area contributed by atoms with E-state index in [9.17, 15) is 15.8 Å². The molecule has 0 aliphatic carbocycles. The highest BCUT2D eigenvalue weighted by molar-refractivity contribution is 5.89. The molecule has 2 aliphatic heterocycles. The Balaban J connectivity index is 2.76. The smallest absolute Gasteiger partial charge is 0.216 e. The zero-order valence-corrected chi connectivity index (χ0v) is 12.4. The molecule has 6 nitrogen and oxygen atoms in total. The van der Waals surface area contributed by atoms with Crippen molar-refractivity contribution >= 4 is 5.90 Å². The molecule has 110 valence electrons. The Kier molecular flexibility index (Phi) is 3.44. The summed E-state index contributed by atoms with van der Waals surface area (Å²) in [4.78, 5) is 0. The van der Waals surface area contributed by atoms with Gasteiger partial charge in [0.1, 0.15) is 0 Å². The molecule has 0 aromatic heterocycles. The summed E-state index contributed by atoms with van der Waals surface area (Å²) in [7, 11) is 0. The van der Waals surface area contributed by atoms with Crippen LogP contribution in [0.2, 0.25) is 0 Å². The normalized spacial score (nSPS) is 39.7. The second kappa shape index (κ2) is 4.72. The van der Waals surface area contributed by atoms with Crippen LogP contribution in [0.15, 0.2) is 0 Å². The molecule has 2 aliphatic rings. The third-order valence-corrected chi connectivity index (χ3v) is 4.96. The van der Waals surface area contributed by atoms with Gasteiger partial charge in [0, 0.05) is 6.42 Å². The minimum absolute atomic E-state index is 0.318. The fourth-order valence-corrected chi connectivity index (χ4v) is 3.68. The average Bonchev–Trinajstić information content (AvgIpc) is 2.65. The van der Waals surface area contributed by atoms with E-state index in [0.29, 0.717) is 19.3 Å². The first-order valence-electron chi connectivity index (χ1n) is 7.14. The van der Waals surface area contributed by atoms with Crippen molar-refractivity contribution in [2.75, 3.05) is 0 Å². The van der Waals surface area contributed by atoms with Gasteiger partial charge in [-0.05, 0) is 6.42 Å². The van der Waals surface area contributed by atoms with Gasteiger partial charge in [0.05, 0.1) is 30.2 Å². The van der Waals surface area contributed by atoms with E-state index in [1.165, 1.54) is 0 Å². The Hall–Kier alpha value is -2.10. The summed E-state index contributed by atoms with van der Waals surface area (Å²) < 4.78 is 11.6. The fourth-order valence-electron chi connectivity index (χ4n) is 3.68. The van der Waals surface area contributed by atoms with Gasteiger partial charge in [0.15, 0.2) is 10.8 Å². The van der Waals surface area contributed by atoms with E-state index in [0.717, 1.165) is 0 Å². The molecule has 2 bridgehead atoms. The molecular formula is C15H18N4O2. The molecule has 0 amide bonds. The molecule has 2 rings (SSSR count). The van der Waals surface area contributed by atoms with Crippen molar-refractivity contribution in [3.05, 3.63) is 0 Å². The largest absolute Gasteiger partial charge is 0.447 e. The summed E-state index contributed by atoms with van der Waals surface area (Å²) in [5.74, 6) is -1.97. The molecule has 4 unspecified atom stereocenters. The van der Waals surface area contributed by atoms with Crippen LogP contribution >= 0.6 is 0 Å². The number of rotatable bonds is 3. The molecule has 6 heteroatoms. The highest BCUT2D eigenvalue weighted by Gasteiger charge is 2.78. The summed E-state index contributed by atoms with van der Waals surface area (Å²) >= 11 is 0. The van der Waals surface area contributed by atoms with Crippen molar-refractivity contribution in [3.63, 3.8) is 0 Å². The summed E-state index contributed by atoms with van der Waals surface area (Å²) in [6, 6.07) is 6.06. The predicted octanol–water partition coefficient (Wildman–Crippen LogP) is 2.48. The van der Waals surface area contributed by atoms with Gasteiger partial charge < -0.3 is 9.47 Å². The fraction of sp³-hybridized carbons (Fsp3) is 0.733. The van der Waals surface area contributed by atoms with Gasteiger partial charge in [-0.2, -0.15) is 15.8 Å². The lowest BCUT2D eigenvalue weighted by molar-refractivity contribution is -0.278. The molecule has 4 atom stereocenters. The minimum Gasteiger partial charge on any atom is -0.447 e. The van der Waals surface area contributed by atoms with Gasteiger partial charge in [-0.25, -0.2) is 0 Å². The van der Waals surface area contributed by atoms with Gasteiger partial charge in [0.2, 0.25) is 11.7 Å². The molecule has 0 aromatic rings. The average molecular weight is 286 g/mol. The van der Waals surface area contributed by atoms with E-state index in [2.05, 4.69) is 6.07 Å². The Morgan fingerprint density at radius 1 is 1.19 bits per heavy atom.